The van der Waals surface area contributed by atoms with Crippen LogP contribution in [-0.4, -0.2) is 0 Å². The van der Waals surface area contributed by atoms with Crippen LogP contribution in [0.1, 0.15) is 36.1 Å². The Kier molecular flexibility index (Phi) is 8.01. The summed E-state index contributed by atoms with van der Waals surface area (Å²) < 4.78 is 0. The zero-order valence-corrected chi connectivity index (χ0v) is 32.3. The molecule has 0 atom stereocenters. The first-order valence-electron chi connectivity index (χ1n) is 19.7. The topological polar surface area (TPSA) is 3.24 Å². The lowest BCUT2D eigenvalue weighted by Crippen LogP contribution is -2.16. The zero-order chi connectivity index (χ0) is 38.0. The average molecular weight is 718 g/mol. The number of aryl methyl sites for hydroxylation is 2. The molecule has 0 saturated heterocycles. The Bertz CT molecular complexity index is 2870. The van der Waals surface area contributed by atoms with Crippen LogP contribution in [-0.2, 0) is 5.41 Å². The van der Waals surface area contributed by atoms with Crippen molar-refractivity contribution in [2.45, 2.75) is 33.1 Å². The van der Waals surface area contributed by atoms with Gasteiger partial charge in [-0.15, -0.1) is 0 Å². The van der Waals surface area contributed by atoms with E-state index >= 15 is 0 Å². The summed E-state index contributed by atoms with van der Waals surface area (Å²) in [6.07, 6.45) is 0. The van der Waals surface area contributed by atoms with Crippen molar-refractivity contribution in [3.05, 3.63) is 210 Å². The molecule has 0 N–H and O–H groups in total. The lowest BCUT2D eigenvalue weighted by Gasteiger charge is -2.28. The van der Waals surface area contributed by atoms with Crippen LogP contribution in [0.3, 0.4) is 0 Å². The second kappa shape index (κ2) is 13.3. The van der Waals surface area contributed by atoms with Gasteiger partial charge in [0.05, 0.1) is 0 Å². The molecule has 1 aliphatic rings. The molecule has 0 aromatic heterocycles. The number of hydrogen-bond acceptors (Lipinski definition) is 1. The summed E-state index contributed by atoms with van der Waals surface area (Å²) in [7, 11) is 0. The van der Waals surface area contributed by atoms with Crippen LogP contribution in [0, 0.1) is 13.8 Å². The summed E-state index contributed by atoms with van der Waals surface area (Å²) in [6.45, 7) is 9.13. The Labute approximate surface area is 330 Å². The maximum absolute atomic E-state index is 2.48. The van der Waals surface area contributed by atoms with Crippen molar-refractivity contribution in [3.63, 3.8) is 0 Å². The standard InChI is InChI=1S/C55H43N/c1-36-15-12-21-42(31-36)56(43-22-13-16-37(2)32-43)44-28-30-46-45-29-27-41(34-51(45)55(3,4)52(46)35-44)54-49-25-10-8-23-47(49)53(48-24-9-11-26-50(48)54)40-20-14-19-39(33-40)38-17-6-5-7-18-38/h5-35H,1-4H3. The molecule has 0 amide bonds. The number of nitrogens with zero attached hydrogens (tertiary/aromatic N) is 1. The molecule has 0 unspecified atom stereocenters. The molecule has 56 heavy (non-hydrogen) atoms. The molecule has 0 saturated carbocycles. The minimum Gasteiger partial charge on any atom is -0.310 e. The molecule has 0 fully saturated rings. The number of fused-ring (bicyclic) bond motifs is 5. The van der Waals surface area contributed by atoms with Gasteiger partial charge in [-0.25, -0.2) is 0 Å². The van der Waals surface area contributed by atoms with E-state index in [1.54, 1.807) is 0 Å². The molecule has 1 nitrogen and oxygen atoms in total. The summed E-state index contributed by atoms with van der Waals surface area (Å²) >= 11 is 0. The van der Waals surface area contributed by atoms with Crippen molar-refractivity contribution in [2.24, 2.45) is 0 Å². The highest BCUT2D eigenvalue weighted by atomic mass is 15.1. The van der Waals surface area contributed by atoms with Crippen molar-refractivity contribution < 1.29 is 0 Å². The largest absolute Gasteiger partial charge is 0.310 e. The van der Waals surface area contributed by atoms with Gasteiger partial charge >= 0.3 is 0 Å². The SMILES string of the molecule is Cc1cccc(N(c2cccc(C)c2)c2ccc3c(c2)C(C)(C)c2cc(-c4c5ccccc5c(-c5cccc(-c6ccccc6)c5)c5ccccc45)ccc2-3)c1. The average Bonchev–Trinajstić information content (AvgIpc) is 3.45. The van der Waals surface area contributed by atoms with Gasteiger partial charge < -0.3 is 4.90 Å². The van der Waals surface area contributed by atoms with Crippen LogP contribution >= 0.6 is 0 Å². The van der Waals surface area contributed by atoms with E-state index in [1.165, 1.54) is 105 Å². The number of benzene rings is 9. The van der Waals surface area contributed by atoms with Gasteiger partial charge in [-0.2, -0.15) is 0 Å². The molecule has 0 radical (unpaired) electrons. The van der Waals surface area contributed by atoms with E-state index in [0.717, 1.165) is 0 Å². The molecule has 9 aromatic carbocycles. The van der Waals surface area contributed by atoms with Crippen molar-refractivity contribution in [1.29, 1.82) is 0 Å². The van der Waals surface area contributed by atoms with E-state index < -0.39 is 0 Å². The monoisotopic (exact) mass is 717 g/mol. The van der Waals surface area contributed by atoms with E-state index in [2.05, 4.69) is 221 Å². The van der Waals surface area contributed by atoms with Gasteiger partial charge in [0.2, 0.25) is 0 Å². The van der Waals surface area contributed by atoms with Gasteiger partial charge in [0.1, 0.15) is 0 Å². The van der Waals surface area contributed by atoms with Gasteiger partial charge in [0.25, 0.3) is 0 Å². The molecule has 10 rings (SSSR count). The first-order chi connectivity index (χ1) is 27.3. The van der Waals surface area contributed by atoms with Gasteiger partial charge in [-0.05, 0) is 151 Å². The Morgan fingerprint density at radius 2 is 0.786 bits per heavy atom. The van der Waals surface area contributed by atoms with Crippen molar-refractivity contribution in [2.75, 3.05) is 4.90 Å². The minimum absolute atomic E-state index is 0.203. The van der Waals surface area contributed by atoms with E-state index in [0.29, 0.717) is 0 Å². The van der Waals surface area contributed by atoms with Crippen LogP contribution in [0.2, 0.25) is 0 Å². The van der Waals surface area contributed by atoms with Crippen LogP contribution in [0.15, 0.2) is 188 Å². The molecule has 1 aliphatic carbocycles. The Morgan fingerprint density at radius 1 is 0.339 bits per heavy atom. The van der Waals surface area contributed by atoms with Crippen LogP contribution in [0.5, 0.6) is 0 Å². The third kappa shape index (κ3) is 5.54. The first kappa shape index (κ1) is 33.8. The minimum atomic E-state index is -0.203. The number of anilines is 3. The summed E-state index contributed by atoms with van der Waals surface area (Å²) in [5, 5.41) is 5.08. The molecule has 9 aromatic rings. The second-order valence-corrected chi connectivity index (χ2v) is 15.9. The Hall–Kier alpha value is -6.70. The quantitative estimate of drug-likeness (QED) is 0.155. The Morgan fingerprint density at radius 3 is 1.36 bits per heavy atom. The molecular weight excluding hydrogens is 675 g/mol. The van der Waals surface area contributed by atoms with E-state index in [1.807, 2.05) is 0 Å². The second-order valence-electron chi connectivity index (χ2n) is 15.9. The lowest BCUT2D eigenvalue weighted by atomic mass is 9.80. The smallest absolute Gasteiger partial charge is 0.0465 e. The highest BCUT2D eigenvalue weighted by Gasteiger charge is 2.36. The van der Waals surface area contributed by atoms with Crippen LogP contribution in [0.25, 0.3) is 66.1 Å². The summed E-state index contributed by atoms with van der Waals surface area (Å²) in [6, 6.07) is 69.6. The molecule has 0 bridgehead atoms. The van der Waals surface area contributed by atoms with Gasteiger partial charge in [-0.1, -0.05) is 153 Å². The molecule has 0 aliphatic heterocycles. The zero-order valence-electron chi connectivity index (χ0n) is 32.3. The normalized spacial score (nSPS) is 12.8. The fourth-order valence-electron chi connectivity index (χ4n) is 9.24. The first-order valence-corrected chi connectivity index (χ1v) is 19.7. The third-order valence-corrected chi connectivity index (χ3v) is 11.9. The maximum atomic E-state index is 2.48. The van der Waals surface area contributed by atoms with Crippen LogP contribution < -0.4 is 4.90 Å². The predicted octanol–water partition coefficient (Wildman–Crippen LogP) is 15.4. The highest BCUT2D eigenvalue weighted by Crippen LogP contribution is 2.53. The van der Waals surface area contributed by atoms with Gasteiger partial charge in [0, 0.05) is 22.5 Å². The van der Waals surface area contributed by atoms with Crippen molar-refractivity contribution in [3.8, 4) is 44.5 Å². The summed E-state index contributed by atoms with van der Waals surface area (Å²) in [4.78, 5) is 2.40. The molecule has 1 heteroatoms. The predicted molar refractivity (Wildman–Crippen MR) is 239 cm³/mol. The highest BCUT2D eigenvalue weighted by molar-refractivity contribution is 6.21. The van der Waals surface area contributed by atoms with Crippen LogP contribution in [0.4, 0.5) is 17.1 Å². The fraction of sp³-hybridized carbons (Fsp3) is 0.0909. The molecule has 0 heterocycles. The van der Waals surface area contributed by atoms with E-state index in [9.17, 15) is 0 Å². The third-order valence-electron chi connectivity index (χ3n) is 11.9. The van der Waals surface area contributed by atoms with E-state index in [4.69, 9.17) is 0 Å². The number of rotatable bonds is 6. The molecular formula is C55H43N. The van der Waals surface area contributed by atoms with Crippen molar-refractivity contribution >= 4 is 38.6 Å². The van der Waals surface area contributed by atoms with Crippen molar-refractivity contribution in [1.82, 2.24) is 0 Å². The Balaban J connectivity index is 1.12. The molecule has 0 spiro atoms. The summed E-state index contributed by atoms with van der Waals surface area (Å²) in [5.41, 5.74) is 18.7. The van der Waals surface area contributed by atoms with Gasteiger partial charge in [-0.3, -0.25) is 0 Å². The fourth-order valence-corrected chi connectivity index (χ4v) is 9.24. The summed E-state index contributed by atoms with van der Waals surface area (Å²) in [5.74, 6) is 0. The molecule has 268 valence electrons. The van der Waals surface area contributed by atoms with Gasteiger partial charge in [0.15, 0.2) is 0 Å². The van der Waals surface area contributed by atoms with E-state index in [-0.39, 0.29) is 5.41 Å². The lowest BCUT2D eigenvalue weighted by molar-refractivity contribution is 0.660. The maximum Gasteiger partial charge on any atom is 0.0465 e. The number of hydrogen-bond donors (Lipinski definition) is 0.